The van der Waals surface area contributed by atoms with E-state index in [4.69, 9.17) is 5.26 Å². The van der Waals surface area contributed by atoms with Crippen LogP contribution in [0.25, 0.3) is 21.3 Å². The normalized spacial score (nSPS) is 25.3. The number of pyridine rings is 1. The topological polar surface area (TPSA) is 95.0 Å². The van der Waals surface area contributed by atoms with Crippen LogP contribution in [0.4, 0.5) is 0 Å². The highest BCUT2D eigenvalue weighted by Crippen LogP contribution is 2.41. The van der Waals surface area contributed by atoms with Gasteiger partial charge in [-0.25, -0.2) is 4.98 Å². The second-order valence-corrected chi connectivity index (χ2v) is 7.85. The van der Waals surface area contributed by atoms with Gasteiger partial charge in [0.1, 0.15) is 17.4 Å². The molecule has 130 valence electrons. The lowest BCUT2D eigenvalue weighted by Gasteiger charge is -2.36. The molecule has 3 heterocycles. The van der Waals surface area contributed by atoms with Gasteiger partial charge in [0, 0.05) is 6.04 Å². The molecule has 4 rings (SSSR count). The molecule has 3 aromatic heterocycles. The van der Waals surface area contributed by atoms with Gasteiger partial charge in [0.05, 0.1) is 40.0 Å². The lowest BCUT2D eigenvalue weighted by atomic mass is 9.80. The number of imidazole rings is 1. The summed E-state index contributed by atoms with van der Waals surface area (Å²) in [6.07, 6.45) is 3.96. The van der Waals surface area contributed by atoms with Crippen molar-refractivity contribution in [3.05, 3.63) is 23.5 Å². The number of rotatable bonds is 3. The number of nitriles is 1. The minimum Gasteiger partial charge on any atom is -0.389 e. The molecular weight excluding hydrogens is 336 g/mol. The molecule has 0 radical (unpaired) electrons. The Kier molecular flexibility index (Phi) is 3.99. The number of hydrogen-bond acceptors (Lipinski definition) is 6. The molecule has 0 amide bonds. The van der Waals surface area contributed by atoms with Crippen molar-refractivity contribution in [2.45, 2.75) is 56.8 Å². The Balaban J connectivity index is 1.82. The molecule has 0 bridgehead atoms. The summed E-state index contributed by atoms with van der Waals surface area (Å²) in [6, 6.07) is 4.24. The van der Waals surface area contributed by atoms with Crippen LogP contribution in [-0.4, -0.2) is 30.3 Å². The van der Waals surface area contributed by atoms with Gasteiger partial charge in [0.15, 0.2) is 0 Å². The van der Waals surface area contributed by atoms with Crippen LogP contribution in [0.3, 0.4) is 0 Å². The summed E-state index contributed by atoms with van der Waals surface area (Å²) in [4.78, 5) is 9.08. The molecular formula is C18H20N4O2S. The average Bonchev–Trinajstić information content (AvgIpc) is 3.19. The highest BCUT2D eigenvalue weighted by Gasteiger charge is 2.35. The highest BCUT2D eigenvalue weighted by molar-refractivity contribution is 7.18. The van der Waals surface area contributed by atoms with E-state index in [0.29, 0.717) is 18.7 Å². The zero-order chi connectivity index (χ0) is 17.6. The summed E-state index contributed by atoms with van der Waals surface area (Å²) >= 11 is 1.63. The predicted octanol–water partition coefficient (Wildman–Crippen LogP) is 3.46. The van der Waals surface area contributed by atoms with Crippen molar-refractivity contribution in [3.8, 4) is 6.07 Å². The molecule has 1 aliphatic carbocycles. The third kappa shape index (κ3) is 2.71. The van der Waals surface area contributed by atoms with Gasteiger partial charge in [0.2, 0.25) is 0 Å². The Labute approximate surface area is 149 Å². The fraction of sp³-hybridized carbons (Fsp3) is 0.500. The highest BCUT2D eigenvalue weighted by atomic mass is 32.1. The predicted molar refractivity (Wildman–Crippen MR) is 96.2 cm³/mol. The Hall–Kier alpha value is -2.01. The number of aliphatic hydroxyl groups excluding tert-OH is 1. The SMILES string of the molecule is C[C@@H](O)c1nc2cnc3ccsc3c2n1[C@H]1CC[C@](O)(CC#N)CC1. The Bertz CT molecular complexity index is 961. The number of aliphatic hydroxyl groups is 2. The van der Waals surface area contributed by atoms with E-state index in [0.717, 1.165) is 34.1 Å². The maximum Gasteiger partial charge on any atom is 0.138 e. The molecule has 0 aromatic carbocycles. The quantitative estimate of drug-likeness (QED) is 0.749. The van der Waals surface area contributed by atoms with Gasteiger partial charge >= 0.3 is 0 Å². The van der Waals surface area contributed by atoms with Crippen molar-refractivity contribution in [1.29, 1.82) is 5.26 Å². The summed E-state index contributed by atoms with van der Waals surface area (Å²) in [7, 11) is 0. The standard InChI is InChI=1S/C18H20N4O2S/c1-11(23)17-21-14-10-20-13-4-9-25-16(13)15(14)22(17)12-2-5-18(24,6-3-12)7-8-19/h4,9-12,23-24H,2-3,5-7H2,1H3/t11-,12-,18+/m1/s1. The molecule has 1 atom stereocenters. The Morgan fingerprint density at radius 2 is 2.20 bits per heavy atom. The second kappa shape index (κ2) is 6.06. The fourth-order valence-electron chi connectivity index (χ4n) is 3.88. The van der Waals surface area contributed by atoms with E-state index in [2.05, 4.69) is 20.6 Å². The zero-order valence-electron chi connectivity index (χ0n) is 14.0. The monoisotopic (exact) mass is 356 g/mol. The van der Waals surface area contributed by atoms with Gasteiger partial charge in [-0.1, -0.05) is 0 Å². The van der Waals surface area contributed by atoms with E-state index in [-0.39, 0.29) is 12.5 Å². The Morgan fingerprint density at radius 1 is 1.44 bits per heavy atom. The van der Waals surface area contributed by atoms with Crippen LogP contribution in [-0.2, 0) is 0 Å². The van der Waals surface area contributed by atoms with Crippen LogP contribution in [0.1, 0.15) is 57.0 Å². The number of thiophene rings is 1. The minimum atomic E-state index is -0.883. The summed E-state index contributed by atoms with van der Waals surface area (Å²) in [5.74, 6) is 0.647. The maximum absolute atomic E-state index is 10.5. The Morgan fingerprint density at radius 3 is 2.88 bits per heavy atom. The first-order chi connectivity index (χ1) is 12.0. The van der Waals surface area contributed by atoms with E-state index < -0.39 is 11.7 Å². The van der Waals surface area contributed by atoms with Crippen molar-refractivity contribution >= 4 is 32.6 Å². The minimum absolute atomic E-state index is 0.154. The van der Waals surface area contributed by atoms with Crippen LogP contribution >= 0.6 is 11.3 Å². The molecule has 0 aliphatic heterocycles. The van der Waals surface area contributed by atoms with Crippen molar-refractivity contribution in [3.63, 3.8) is 0 Å². The zero-order valence-corrected chi connectivity index (χ0v) is 14.8. The first-order valence-corrected chi connectivity index (χ1v) is 9.42. The molecule has 1 saturated carbocycles. The van der Waals surface area contributed by atoms with E-state index in [1.54, 1.807) is 24.5 Å². The third-order valence-electron chi connectivity index (χ3n) is 5.18. The van der Waals surface area contributed by atoms with Crippen LogP contribution in [0.15, 0.2) is 17.6 Å². The molecule has 3 aromatic rings. The molecule has 1 aliphatic rings. The van der Waals surface area contributed by atoms with Gasteiger partial charge in [-0.2, -0.15) is 5.26 Å². The largest absolute Gasteiger partial charge is 0.389 e. The van der Waals surface area contributed by atoms with Crippen LogP contribution in [0.5, 0.6) is 0 Å². The molecule has 1 fully saturated rings. The number of nitrogens with zero attached hydrogens (tertiary/aromatic N) is 4. The van der Waals surface area contributed by atoms with Crippen molar-refractivity contribution in [2.24, 2.45) is 0 Å². The molecule has 2 N–H and O–H groups in total. The molecule has 7 heteroatoms. The van der Waals surface area contributed by atoms with Crippen molar-refractivity contribution in [2.75, 3.05) is 0 Å². The van der Waals surface area contributed by atoms with Crippen LogP contribution in [0.2, 0.25) is 0 Å². The van der Waals surface area contributed by atoms with Gasteiger partial charge in [-0.3, -0.25) is 4.98 Å². The van der Waals surface area contributed by atoms with Gasteiger partial charge in [-0.05, 0) is 44.1 Å². The fourth-order valence-corrected chi connectivity index (χ4v) is 4.77. The summed E-state index contributed by atoms with van der Waals surface area (Å²) in [5.41, 5.74) is 1.87. The first-order valence-electron chi connectivity index (χ1n) is 8.54. The number of fused-ring (bicyclic) bond motifs is 3. The van der Waals surface area contributed by atoms with Gasteiger partial charge in [0.25, 0.3) is 0 Å². The number of aromatic nitrogens is 3. The average molecular weight is 356 g/mol. The lowest BCUT2D eigenvalue weighted by molar-refractivity contribution is -0.00364. The molecule has 0 spiro atoms. The third-order valence-corrected chi connectivity index (χ3v) is 6.09. The summed E-state index contributed by atoms with van der Waals surface area (Å²) in [5, 5.41) is 31.7. The smallest absolute Gasteiger partial charge is 0.138 e. The molecule has 0 saturated heterocycles. The summed E-state index contributed by atoms with van der Waals surface area (Å²) in [6.45, 7) is 1.73. The lowest BCUT2D eigenvalue weighted by Crippen LogP contribution is -2.34. The van der Waals surface area contributed by atoms with E-state index >= 15 is 0 Å². The van der Waals surface area contributed by atoms with Crippen LogP contribution < -0.4 is 0 Å². The van der Waals surface area contributed by atoms with Crippen LogP contribution in [0, 0.1) is 11.3 Å². The van der Waals surface area contributed by atoms with E-state index in [1.807, 2.05) is 11.4 Å². The maximum atomic E-state index is 10.5. The van der Waals surface area contributed by atoms with E-state index in [9.17, 15) is 10.2 Å². The first kappa shape index (κ1) is 16.5. The summed E-state index contributed by atoms with van der Waals surface area (Å²) < 4.78 is 3.22. The second-order valence-electron chi connectivity index (χ2n) is 6.93. The van der Waals surface area contributed by atoms with E-state index in [1.165, 1.54) is 0 Å². The number of hydrogen-bond donors (Lipinski definition) is 2. The molecule has 6 nitrogen and oxygen atoms in total. The molecule has 25 heavy (non-hydrogen) atoms. The van der Waals surface area contributed by atoms with Gasteiger partial charge in [-0.15, -0.1) is 11.3 Å². The van der Waals surface area contributed by atoms with Crippen molar-refractivity contribution < 1.29 is 10.2 Å². The molecule has 0 unspecified atom stereocenters. The van der Waals surface area contributed by atoms with Crippen molar-refractivity contribution in [1.82, 2.24) is 14.5 Å². The van der Waals surface area contributed by atoms with Gasteiger partial charge < -0.3 is 14.8 Å².